The van der Waals surface area contributed by atoms with Gasteiger partial charge in [-0.3, -0.25) is 5.43 Å². The normalized spacial score (nSPS) is 10.6. The second-order valence-electron chi connectivity index (χ2n) is 5.45. The highest BCUT2D eigenvalue weighted by Crippen LogP contribution is 2.14. The highest BCUT2D eigenvalue weighted by Gasteiger charge is 2.00. The number of hydrazone groups is 1. The Labute approximate surface area is 149 Å². The maximum atomic E-state index is 5.23. The van der Waals surface area contributed by atoms with Gasteiger partial charge in [-0.05, 0) is 62.8 Å². The summed E-state index contributed by atoms with van der Waals surface area (Å²) >= 11 is 5.23. The molecule has 0 aliphatic rings. The molecule has 24 heavy (non-hydrogen) atoms. The fraction of sp³-hybridized carbons (Fsp3) is 0.263. The van der Waals surface area contributed by atoms with E-state index < -0.39 is 0 Å². The van der Waals surface area contributed by atoms with Crippen LogP contribution in [0.15, 0.2) is 53.6 Å². The average Bonchev–Trinajstić information content (AvgIpc) is 2.59. The molecule has 0 unspecified atom stereocenters. The van der Waals surface area contributed by atoms with Gasteiger partial charge in [0.25, 0.3) is 0 Å². The van der Waals surface area contributed by atoms with Gasteiger partial charge in [0.15, 0.2) is 5.11 Å². The molecule has 0 bridgehead atoms. The third-order valence-corrected chi connectivity index (χ3v) is 3.90. The van der Waals surface area contributed by atoms with E-state index in [0.717, 1.165) is 24.3 Å². The maximum absolute atomic E-state index is 5.23. The predicted octanol–water partition coefficient (Wildman–Crippen LogP) is 4.16. The van der Waals surface area contributed by atoms with E-state index in [1.54, 1.807) is 6.21 Å². The molecule has 2 aromatic rings. The van der Waals surface area contributed by atoms with E-state index in [1.165, 1.54) is 11.3 Å². The number of nitrogens with zero attached hydrogens (tertiary/aromatic N) is 2. The second kappa shape index (κ2) is 9.03. The van der Waals surface area contributed by atoms with Crippen LogP contribution in [0.25, 0.3) is 0 Å². The van der Waals surface area contributed by atoms with E-state index in [4.69, 9.17) is 12.2 Å². The highest BCUT2D eigenvalue weighted by molar-refractivity contribution is 7.80. The zero-order valence-corrected chi connectivity index (χ0v) is 15.2. The zero-order chi connectivity index (χ0) is 17.4. The molecule has 0 saturated heterocycles. The Morgan fingerprint density at radius 3 is 2.25 bits per heavy atom. The Balaban J connectivity index is 1.86. The summed E-state index contributed by atoms with van der Waals surface area (Å²) in [5.74, 6) is 0. The third-order valence-electron chi connectivity index (χ3n) is 3.71. The first-order chi connectivity index (χ1) is 11.6. The first-order valence-electron chi connectivity index (χ1n) is 8.14. The number of hydrogen-bond acceptors (Lipinski definition) is 3. The van der Waals surface area contributed by atoms with Gasteiger partial charge in [0, 0.05) is 24.5 Å². The molecule has 0 aliphatic carbocycles. The molecule has 0 aliphatic heterocycles. The Morgan fingerprint density at radius 2 is 1.67 bits per heavy atom. The lowest BCUT2D eigenvalue weighted by atomic mass is 10.2. The van der Waals surface area contributed by atoms with Crippen molar-refractivity contribution >= 4 is 34.9 Å². The fourth-order valence-corrected chi connectivity index (χ4v) is 2.49. The van der Waals surface area contributed by atoms with Crippen LogP contribution in [0.5, 0.6) is 0 Å². The van der Waals surface area contributed by atoms with Gasteiger partial charge in [-0.2, -0.15) is 5.10 Å². The lowest BCUT2D eigenvalue weighted by Crippen LogP contribution is -2.23. The number of rotatable bonds is 6. The zero-order valence-electron chi connectivity index (χ0n) is 14.4. The van der Waals surface area contributed by atoms with Gasteiger partial charge in [0.05, 0.1) is 6.21 Å². The van der Waals surface area contributed by atoms with Crippen LogP contribution in [0.2, 0.25) is 0 Å². The minimum atomic E-state index is 0.467. The summed E-state index contributed by atoms with van der Waals surface area (Å²) in [6.45, 7) is 8.38. The van der Waals surface area contributed by atoms with Gasteiger partial charge in [-0.15, -0.1) is 0 Å². The number of thiocarbonyl (C=S) groups is 1. The Kier molecular flexibility index (Phi) is 6.75. The van der Waals surface area contributed by atoms with E-state index in [0.29, 0.717) is 5.11 Å². The van der Waals surface area contributed by atoms with Gasteiger partial charge in [0.2, 0.25) is 0 Å². The van der Waals surface area contributed by atoms with Crippen molar-refractivity contribution < 1.29 is 0 Å². The van der Waals surface area contributed by atoms with Crippen LogP contribution in [0.4, 0.5) is 11.4 Å². The van der Waals surface area contributed by atoms with E-state index in [9.17, 15) is 0 Å². The summed E-state index contributed by atoms with van der Waals surface area (Å²) < 4.78 is 0. The standard InChI is InChI=1S/C19H24N4S/c1-4-23(5-2)18-12-8-16(9-13-18)14-20-22-19(24)21-17-10-6-15(3)7-11-17/h6-14H,4-5H2,1-3H3,(H2,21,22,24)/b20-14+. The van der Waals surface area contributed by atoms with Crippen LogP contribution in [0.3, 0.4) is 0 Å². The molecule has 0 amide bonds. The first kappa shape index (κ1) is 17.9. The fourth-order valence-electron chi connectivity index (χ4n) is 2.32. The summed E-state index contributed by atoms with van der Waals surface area (Å²) in [5, 5.41) is 7.74. The molecule has 2 N–H and O–H groups in total. The summed E-state index contributed by atoms with van der Waals surface area (Å²) in [6.07, 6.45) is 1.76. The summed E-state index contributed by atoms with van der Waals surface area (Å²) in [5.41, 5.74) is 7.24. The molecule has 0 atom stereocenters. The maximum Gasteiger partial charge on any atom is 0.191 e. The van der Waals surface area contributed by atoms with Crippen molar-refractivity contribution in [1.82, 2.24) is 5.43 Å². The monoisotopic (exact) mass is 340 g/mol. The van der Waals surface area contributed by atoms with Crippen molar-refractivity contribution in [2.75, 3.05) is 23.3 Å². The average molecular weight is 340 g/mol. The van der Waals surface area contributed by atoms with Gasteiger partial charge in [-0.25, -0.2) is 0 Å². The number of anilines is 2. The molecule has 126 valence electrons. The third kappa shape index (κ3) is 5.35. The van der Waals surface area contributed by atoms with Crippen LogP contribution in [-0.2, 0) is 0 Å². The highest BCUT2D eigenvalue weighted by atomic mass is 32.1. The number of hydrogen-bond donors (Lipinski definition) is 2. The molecule has 0 radical (unpaired) electrons. The Bertz CT molecular complexity index is 674. The lowest BCUT2D eigenvalue weighted by Gasteiger charge is -2.20. The van der Waals surface area contributed by atoms with Crippen LogP contribution >= 0.6 is 12.2 Å². The van der Waals surface area contributed by atoms with Crippen LogP contribution in [0.1, 0.15) is 25.0 Å². The van der Waals surface area contributed by atoms with Crippen molar-refractivity contribution in [2.24, 2.45) is 5.10 Å². The van der Waals surface area contributed by atoms with Crippen LogP contribution in [0, 0.1) is 6.92 Å². The van der Waals surface area contributed by atoms with Gasteiger partial charge in [0.1, 0.15) is 0 Å². The Hall–Kier alpha value is -2.40. The van der Waals surface area contributed by atoms with Gasteiger partial charge in [-0.1, -0.05) is 29.8 Å². The summed E-state index contributed by atoms with van der Waals surface area (Å²) in [4.78, 5) is 2.31. The molecule has 2 rings (SSSR count). The van der Waals surface area contributed by atoms with E-state index in [1.807, 2.05) is 24.3 Å². The molecule has 4 nitrogen and oxygen atoms in total. The minimum Gasteiger partial charge on any atom is -0.372 e. The molecule has 0 saturated carbocycles. The van der Waals surface area contributed by atoms with Crippen LogP contribution in [-0.4, -0.2) is 24.4 Å². The number of aryl methyl sites for hydroxylation is 1. The quantitative estimate of drug-likeness (QED) is 0.470. The molecule has 0 heterocycles. The number of benzene rings is 2. The van der Waals surface area contributed by atoms with Crippen LogP contribution < -0.4 is 15.6 Å². The molecule has 0 fully saturated rings. The topological polar surface area (TPSA) is 39.7 Å². The molecular weight excluding hydrogens is 316 g/mol. The molecular formula is C19H24N4S. The van der Waals surface area contributed by atoms with Crippen molar-refractivity contribution in [3.8, 4) is 0 Å². The lowest BCUT2D eigenvalue weighted by molar-refractivity contribution is 0.866. The predicted molar refractivity (Wildman–Crippen MR) is 108 cm³/mol. The SMILES string of the molecule is CCN(CC)c1ccc(/C=N/NC(=S)Nc2ccc(C)cc2)cc1. The smallest absolute Gasteiger partial charge is 0.191 e. The largest absolute Gasteiger partial charge is 0.372 e. The summed E-state index contributed by atoms with van der Waals surface area (Å²) in [6, 6.07) is 16.4. The van der Waals surface area contributed by atoms with E-state index in [2.05, 4.69) is 65.8 Å². The Morgan fingerprint density at radius 1 is 1.04 bits per heavy atom. The van der Waals surface area contributed by atoms with E-state index in [-0.39, 0.29) is 0 Å². The second-order valence-corrected chi connectivity index (χ2v) is 5.86. The number of nitrogens with one attached hydrogen (secondary N) is 2. The van der Waals surface area contributed by atoms with Gasteiger partial charge < -0.3 is 10.2 Å². The molecule has 5 heteroatoms. The summed E-state index contributed by atoms with van der Waals surface area (Å²) in [7, 11) is 0. The van der Waals surface area contributed by atoms with Gasteiger partial charge >= 0.3 is 0 Å². The van der Waals surface area contributed by atoms with Crippen molar-refractivity contribution in [1.29, 1.82) is 0 Å². The first-order valence-corrected chi connectivity index (χ1v) is 8.55. The molecule has 2 aromatic carbocycles. The molecule has 0 aromatic heterocycles. The van der Waals surface area contributed by atoms with E-state index >= 15 is 0 Å². The van der Waals surface area contributed by atoms with Crippen molar-refractivity contribution in [2.45, 2.75) is 20.8 Å². The van der Waals surface area contributed by atoms with Crippen molar-refractivity contribution in [3.05, 3.63) is 59.7 Å². The minimum absolute atomic E-state index is 0.467. The van der Waals surface area contributed by atoms with Crippen molar-refractivity contribution in [3.63, 3.8) is 0 Å². The molecule has 0 spiro atoms.